The van der Waals surface area contributed by atoms with Gasteiger partial charge in [-0.25, -0.2) is 4.79 Å². The van der Waals surface area contributed by atoms with Crippen LogP contribution < -0.4 is 23.8 Å². The predicted molar refractivity (Wildman–Crippen MR) is 120 cm³/mol. The number of amides is 1. The fourth-order valence-electron chi connectivity index (χ4n) is 4.68. The largest absolute Gasteiger partial charge is 0.586 e. The number of ether oxygens (including phenoxy) is 4. The fourth-order valence-corrected chi connectivity index (χ4v) is 4.68. The van der Waals surface area contributed by atoms with Gasteiger partial charge in [0, 0.05) is 38.3 Å². The van der Waals surface area contributed by atoms with E-state index in [1.165, 1.54) is 29.2 Å². The van der Waals surface area contributed by atoms with Gasteiger partial charge in [0.2, 0.25) is 11.8 Å². The molecule has 0 atom stereocenters. The SMILES string of the molecule is O=C(On1c(O)ccc1O)N1CCN(C(c2ccc3c(c2)OC(F)(F)O3)c2ccc3c(c2)OC(F)(F)O3)CC1. The second kappa shape index (κ2) is 8.76. The smallest absolute Gasteiger partial charge is 0.492 e. The molecule has 1 aromatic heterocycles. The maximum atomic E-state index is 13.6. The first kappa shape index (κ1) is 24.8. The summed E-state index contributed by atoms with van der Waals surface area (Å²) >= 11 is 0. The van der Waals surface area contributed by atoms with Gasteiger partial charge in [-0.2, -0.15) is 0 Å². The molecule has 1 saturated heterocycles. The van der Waals surface area contributed by atoms with Crippen LogP contribution in [0.1, 0.15) is 17.2 Å². The zero-order valence-electron chi connectivity index (χ0n) is 19.7. The van der Waals surface area contributed by atoms with E-state index in [2.05, 4.69) is 18.9 Å². The van der Waals surface area contributed by atoms with E-state index in [0.29, 0.717) is 15.9 Å². The van der Waals surface area contributed by atoms with E-state index >= 15 is 0 Å². The summed E-state index contributed by atoms with van der Waals surface area (Å²) in [4.78, 5) is 20.9. The van der Waals surface area contributed by atoms with Gasteiger partial charge in [0.05, 0.1) is 6.04 Å². The summed E-state index contributed by atoms with van der Waals surface area (Å²) in [6, 6.07) is 10.1. The van der Waals surface area contributed by atoms with E-state index in [4.69, 9.17) is 4.84 Å². The van der Waals surface area contributed by atoms with Gasteiger partial charge in [-0.1, -0.05) is 12.1 Å². The number of piperazine rings is 1. The maximum absolute atomic E-state index is 13.6. The van der Waals surface area contributed by atoms with Crippen LogP contribution in [0.15, 0.2) is 48.5 Å². The quantitative estimate of drug-likeness (QED) is 0.469. The number of carbonyl (C=O) groups is 1. The molecule has 0 radical (unpaired) electrons. The third-order valence-electron chi connectivity index (χ3n) is 6.39. The van der Waals surface area contributed by atoms with E-state index in [9.17, 15) is 32.6 Å². The molecule has 0 spiro atoms. The van der Waals surface area contributed by atoms with Gasteiger partial charge >= 0.3 is 18.7 Å². The van der Waals surface area contributed by atoms with Crippen LogP contribution in [0.3, 0.4) is 0 Å². The van der Waals surface area contributed by atoms with E-state index < -0.39 is 36.5 Å². The summed E-state index contributed by atoms with van der Waals surface area (Å²) in [5.41, 5.74) is 0.970. The molecule has 3 aliphatic rings. The van der Waals surface area contributed by atoms with E-state index in [1.807, 2.05) is 4.90 Å². The minimum Gasteiger partial charge on any atom is -0.492 e. The van der Waals surface area contributed by atoms with Crippen molar-refractivity contribution in [2.45, 2.75) is 18.6 Å². The first-order valence-corrected chi connectivity index (χ1v) is 11.6. The van der Waals surface area contributed by atoms with Gasteiger partial charge in [-0.05, 0) is 35.4 Å². The molecule has 1 fully saturated rings. The average Bonchev–Trinajstić information content (AvgIpc) is 3.48. The Morgan fingerprint density at radius 3 is 1.69 bits per heavy atom. The Morgan fingerprint density at radius 1 is 0.744 bits per heavy atom. The normalized spacial score (nSPS) is 18.9. The van der Waals surface area contributed by atoms with Gasteiger partial charge in [0.25, 0.3) is 0 Å². The van der Waals surface area contributed by atoms with Crippen molar-refractivity contribution in [2.24, 2.45) is 0 Å². The summed E-state index contributed by atoms with van der Waals surface area (Å²) in [7, 11) is 0. The highest BCUT2D eigenvalue weighted by atomic mass is 19.3. The Balaban J connectivity index is 1.26. The third-order valence-corrected chi connectivity index (χ3v) is 6.39. The van der Waals surface area contributed by atoms with Gasteiger partial charge in [0.15, 0.2) is 23.0 Å². The van der Waals surface area contributed by atoms with Crippen molar-refractivity contribution >= 4 is 6.09 Å². The molecule has 0 saturated carbocycles. The van der Waals surface area contributed by atoms with Crippen LogP contribution in [-0.2, 0) is 0 Å². The number of alkyl halides is 4. The van der Waals surface area contributed by atoms with E-state index in [-0.39, 0.29) is 49.2 Å². The number of rotatable bonds is 4. The van der Waals surface area contributed by atoms with Gasteiger partial charge < -0.3 is 38.9 Å². The molecule has 0 bridgehead atoms. The molecular formula is C24H19F4N3O8. The Hall–Kier alpha value is -4.53. The molecule has 0 unspecified atom stereocenters. The second-order valence-corrected chi connectivity index (χ2v) is 8.87. The highest BCUT2D eigenvalue weighted by molar-refractivity contribution is 5.68. The summed E-state index contributed by atoms with van der Waals surface area (Å²) in [6.45, 7) is 0.782. The highest BCUT2D eigenvalue weighted by Gasteiger charge is 2.45. The molecule has 3 aromatic rings. The lowest BCUT2D eigenvalue weighted by atomic mass is 9.95. The summed E-state index contributed by atoms with van der Waals surface area (Å²) in [5.74, 6) is -1.64. The molecule has 39 heavy (non-hydrogen) atoms. The van der Waals surface area contributed by atoms with Crippen LogP contribution in [0.2, 0.25) is 0 Å². The zero-order valence-corrected chi connectivity index (χ0v) is 19.7. The van der Waals surface area contributed by atoms with Crippen LogP contribution in [0.5, 0.6) is 34.8 Å². The number of aromatic hydroxyl groups is 2. The van der Waals surface area contributed by atoms with Crippen molar-refractivity contribution in [1.29, 1.82) is 0 Å². The first-order valence-electron chi connectivity index (χ1n) is 11.6. The summed E-state index contributed by atoms with van der Waals surface area (Å²) < 4.78 is 73.3. The van der Waals surface area contributed by atoms with Crippen molar-refractivity contribution < 1.29 is 56.4 Å². The Bertz CT molecular complexity index is 1350. The molecule has 3 aliphatic heterocycles. The van der Waals surface area contributed by atoms with Crippen molar-refractivity contribution in [3.8, 4) is 34.8 Å². The molecule has 206 valence electrons. The molecular weight excluding hydrogens is 534 g/mol. The zero-order chi connectivity index (χ0) is 27.5. The minimum absolute atomic E-state index is 0.142. The van der Waals surface area contributed by atoms with E-state index in [0.717, 1.165) is 12.1 Å². The lowest BCUT2D eigenvalue weighted by Gasteiger charge is -2.39. The molecule has 15 heteroatoms. The number of nitrogens with zero attached hydrogens (tertiary/aromatic N) is 3. The molecule has 6 rings (SSSR count). The standard InChI is InChI=1S/C24H19F4N3O8/c25-23(26)35-15-3-1-13(11-17(15)37-23)21(14-2-4-16-18(12-14)38-24(27,28)36-16)29-7-9-30(10-8-29)22(34)39-31-19(32)5-6-20(31)33/h1-6,11-12,21,32-33H,7-10H2. The summed E-state index contributed by atoms with van der Waals surface area (Å²) in [6.07, 6.45) is -8.48. The van der Waals surface area contributed by atoms with Crippen LogP contribution in [0.4, 0.5) is 22.4 Å². The number of carbonyl (C=O) groups excluding carboxylic acids is 1. The number of halogens is 4. The van der Waals surface area contributed by atoms with Crippen LogP contribution in [0.25, 0.3) is 0 Å². The second-order valence-electron chi connectivity index (χ2n) is 8.87. The monoisotopic (exact) mass is 553 g/mol. The predicted octanol–water partition coefficient (Wildman–Crippen LogP) is 3.50. The topological polar surface area (TPSA) is 115 Å². The molecule has 11 nitrogen and oxygen atoms in total. The van der Waals surface area contributed by atoms with Gasteiger partial charge in [-0.3, -0.25) is 4.90 Å². The third kappa shape index (κ3) is 4.65. The van der Waals surface area contributed by atoms with Crippen LogP contribution in [-0.4, -0.2) is 69.6 Å². The number of benzene rings is 2. The molecule has 2 aromatic carbocycles. The van der Waals surface area contributed by atoms with Crippen molar-refractivity contribution in [3.05, 3.63) is 59.7 Å². The summed E-state index contributed by atoms with van der Waals surface area (Å²) in [5, 5.41) is 19.4. The fraction of sp³-hybridized carbons (Fsp3) is 0.292. The van der Waals surface area contributed by atoms with Crippen molar-refractivity contribution in [1.82, 2.24) is 14.5 Å². The Kier molecular flexibility index (Phi) is 5.57. The van der Waals surface area contributed by atoms with Crippen molar-refractivity contribution in [2.75, 3.05) is 26.2 Å². The van der Waals surface area contributed by atoms with Crippen LogP contribution in [0, 0.1) is 0 Å². The lowest BCUT2D eigenvalue weighted by molar-refractivity contribution is -0.287. The van der Waals surface area contributed by atoms with Gasteiger partial charge in [-0.15, -0.1) is 22.3 Å². The minimum atomic E-state index is -3.82. The highest BCUT2D eigenvalue weighted by Crippen LogP contribution is 2.46. The number of hydrogen-bond donors (Lipinski definition) is 2. The first-order chi connectivity index (χ1) is 18.5. The Morgan fingerprint density at radius 2 is 1.21 bits per heavy atom. The number of fused-ring (bicyclic) bond motifs is 2. The van der Waals surface area contributed by atoms with E-state index in [1.54, 1.807) is 12.1 Å². The Labute approximate surface area is 216 Å². The van der Waals surface area contributed by atoms with Gasteiger partial charge in [0.1, 0.15) is 0 Å². The van der Waals surface area contributed by atoms with Crippen molar-refractivity contribution in [3.63, 3.8) is 0 Å². The molecule has 2 N–H and O–H groups in total. The maximum Gasteiger partial charge on any atom is 0.586 e. The molecule has 4 heterocycles. The number of hydrogen-bond acceptors (Lipinski definition) is 9. The van der Waals surface area contributed by atoms with Crippen LogP contribution >= 0.6 is 0 Å². The number of aromatic nitrogens is 1. The molecule has 0 aliphatic carbocycles. The molecule has 1 amide bonds. The lowest BCUT2D eigenvalue weighted by Crippen LogP contribution is -2.51. The average molecular weight is 553 g/mol.